The lowest BCUT2D eigenvalue weighted by Crippen LogP contribution is -2.13. The zero-order valence-electron chi connectivity index (χ0n) is 18.2. The molecule has 3 aromatic carbocycles. The Hall–Kier alpha value is -4.36. The highest BCUT2D eigenvalue weighted by molar-refractivity contribution is 6.30. The summed E-state index contributed by atoms with van der Waals surface area (Å²) in [5, 5.41) is 6.02. The molecule has 0 atom stereocenters. The van der Waals surface area contributed by atoms with Crippen molar-refractivity contribution >= 4 is 45.3 Å². The third kappa shape index (κ3) is 3.25. The summed E-state index contributed by atoms with van der Waals surface area (Å²) in [4.78, 5) is 21.2. The van der Waals surface area contributed by atoms with Gasteiger partial charge in [0.15, 0.2) is 0 Å². The number of rotatable bonds is 3. The van der Waals surface area contributed by atoms with Gasteiger partial charge in [-0.05, 0) is 60.5 Å². The molecular weight excluding hydrogens is 448 g/mol. The highest BCUT2D eigenvalue weighted by Crippen LogP contribution is 2.28. The van der Waals surface area contributed by atoms with E-state index in [-0.39, 0.29) is 11.7 Å². The van der Waals surface area contributed by atoms with Crippen molar-refractivity contribution in [3.8, 4) is 16.8 Å². The van der Waals surface area contributed by atoms with Gasteiger partial charge in [0.1, 0.15) is 17.2 Å². The fraction of sp³-hybridized carbons (Fsp3) is 0.0385. The number of carbonyl (C=O) groups excluding carboxylic acids is 1. The van der Waals surface area contributed by atoms with Crippen LogP contribution in [0.2, 0.25) is 5.02 Å². The van der Waals surface area contributed by atoms with Gasteiger partial charge in [-0.2, -0.15) is 5.10 Å². The molecule has 34 heavy (non-hydrogen) atoms. The minimum absolute atomic E-state index is 0.247. The molecule has 0 aliphatic heterocycles. The molecule has 0 aliphatic carbocycles. The number of fused-ring (bicyclic) bond motifs is 2. The zero-order valence-corrected chi connectivity index (χ0v) is 18.9. The Morgan fingerprint density at radius 3 is 2.62 bits per heavy atom. The summed E-state index contributed by atoms with van der Waals surface area (Å²) in [6.07, 6.45) is 3.26. The first-order valence-corrected chi connectivity index (χ1v) is 11.1. The lowest BCUT2D eigenvalue weighted by atomic mass is 10.0. The SMILES string of the molecule is Cc1nc2cc(-n3ncc(C(=O)n4ccc5ccc(-c6ccc(Cl)cc6)cc54)c3N)ccc2[nH]1. The molecule has 0 aliphatic rings. The van der Waals surface area contributed by atoms with Crippen molar-refractivity contribution in [2.75, 3.05) is 5.73 Å². The molecule has 3 aromatic heterocycles. The second-order valence-corrected chi connectivity index (χ2v) is 8.59. The Labute approximate surface area is 199 Å². The molecule has 3 heterocycles. The number of carbonyl (C=O) groups is 1. The molecule has 0 spiro atoms. The van der Waals surface area contributed by atoms with Crippen LogP contribution in [0.4, 0.5) is 5.82 Å². The highest BCUT2D eigenvalue weighted by atomic mass is 35.5. The fourth-order valence-corrected chi connectivity index (χ4v) is 4.37. The van der Waals surface area contributed by atoms with E-state index in [1.165, 1.54) is 6.20 Å². The van der Waals surface area contributed by atoms with Crippen LogP contribution >= 0.6 is 11.6 Å². The van der Waals surface area contributed by atoms with E-state index >= 15 is 0 Å². The molecule has 0 radical (unpaired) electrons. The number of imidazole rings is 1. The van der Waals surface area contributed by atoms with Crippen LogP contribution in [0.15, 0.2) is 79.1 Å². The summed E-state index contributed by atoms with van der Waals surface area (Å²) < 4.78 is 3.16. The molecule has 166 valence electrons. The first kappa shape index (κ1) is 20.3. The van der Waals surface area contributed by atoms with E-state index < -0.39 is 0 Å². The molecule has 0 bridgehead atoms. The Morgan fingerprint density at radius 1 is 1.00 bits per heavy atom. The van der Waals surface area contributed by atoms with Gasteiger partial charge in [0.2, 0.25) is 0 Å². The molecule has 0 amide bonds. The second kappa shape index (κ2) is 7.60. The quantitative estimate of drug-likeness (QED) is 0.354. The maximum Gasteiger partial charge on any atom is 0.267 e. The van der Waals surface area contributed by atoms with Gasteiger partial charge < -0.3 is 10.7 Å². The predicted octanol–water partition coefficient (Wildman–Crippen LogP) is 5.60. The molecule has 0 saturated heterocycles. The van der Waals surface area contributed by atoms with E-state index in [1.807, 2.05) is 73.7 Å². The van der Waals surface area contributed by atoms with Crippen molar-refractivity contribution in [3.05, 3.63) is 95.5 Å². The van der Waals surface area contributed by atoms with E-state index in [4.69, 9.17) is 17.3 Å². The van der Waals surface area contributed by atoms with Crippen molar-refractivity contribution in [3.63, 3.8) is 0 Å². The first-order valence-electron chi connectivity index (χ1n) is 10.7. The number of anilines is 1. The van der Waals surface area contributed by atoms with Crippen molar-refractivity contribution in [2.24, 2.45) is 0 Å². The predicted molar refractivity (Wildman–Crippen MR) is 134 cm³/mol. The topological polar surface area (TPSA) is 94.5 Å². The van der Waals surface area contributed by atoms with Gasteiger partial charge in [0.05, 0.1) is 28.4 Å². The number of nitrogens with one attached hydrogen (secondary N) is 1. The van der Waals surface area contributed by atoms with Crippen LogP contribution in [0, 0.1) is 6.92 Å². The van der Waals surface area contributed by atoms with Crippen LogP contribution in [0.3, 0.4) is 0 Å². The van der Waals surface area contributed by atoms with E-state index in [9.17, 15) is 4.79 Å². The summed E-state index contributed by atoms with van der Waals surface area (Å²) in [6.45, 7) is 1.90. The largest absolute Gasteiger partial charge is 0.383 e. The van der Waals surface area contributed by atoms with Crippen molar-refractivity contribution in [2.45, 2.75) is 6.92 Å². The number of halogens is 1. The van der Waals surface area contributed by atoms with Crippen molar-refractivity contribution < 1.29 is 4.79 Å². The van der Waals surface area contributed by atoms with Crippen LogP contribution in [0.25, 0.3) is 38.8 Å². The Bertz CT molecular complexity index is 1710. The van der Waals surface area contributed by atoms with E-state index in [1.54, 1.807) is 15.4 Å². The molecule has 0 saturated carbocycles. The molecule has 3 N–H and O–H groups in total. The maximum atomic E-state index is 13.5. The Morgan fingerprint density at radius 2 is 1.79 bits per heavy atom. The minimum atomic E-state index is -0.247. The van der Waals surface area contributed by atoms with Crippen molar-refractivity contribution in [1.29, 1.82) is 0 Å². The minimum Gasteiger partial charge on any atom is -0.383 e. The number of nitrogens with two attached hydrogens (primary N) is 1. The number of aryl methyl sites for hydroxylation is 1. The Balaban J connectivity index is 1.39. The number of nitrogens with zero attached hydrogens (tertiary/aromatic N) is 4. The van der Waals surface area contributed by atoms with E-state index in [0.717, 1.165) is 44.6 Å². The standard InChI is InChI=1S/C26H19ClN6O/c1-15-30-22-9-8-20(13-23(22)31-15)33-25(28)21(14-29-33)26(34)32-11-10-17-2-3-18(12-24(17)32)16-4-6-19(27)7-5-16/h2-14H,28H2,1H3,(H,30,31). The average molecular weight is 467 g/mol. The zero-order chi connectivity index (χ0) is 23.4. The molecule has 8 heteroatoms. The smallest absolute Gasteiger partial charge is 0.267 e. The average Bonchev–Trinajstić information content (AvgIpc) is 3.53. The summed E-state index contributed by atoms with van der Waals surface area (Å²) in [6, 6.07) is 21.2. The molecule has 6 rings (SSSR count). The third-order valence-electron chi connectivity index (χ3n) is 5.96. The molecular formula is C26H19ClN6O. The number of benzene rings is 3. The number of aromatic amines is 1. The van der Waals surface area contributed by atoms with Gasteiger partial charge in [-0.3, -0.25) is 9.36 Å². The van der Waals surface area contributed by atoms with E-state index in [2.05, 4.69) is 15.1 Å². The van der Waals surface area contributed by atoms with Crippen LogP contribution in [0.5, 0.6) is 0 Å². The lowest BCUT2D eigenvalue weighted by molar-refractivity contribution is 0.0966. The second-order valence-electron chi connectivity index (χ2n) is 8.15. The third-order valence-corrected chi connectivity index (χ3v) is 6.21. The highest BCUT2D eigenvalue weighted by Gasteiger charge is 2.20. The first-order chi connectivity index (χ1) is 16.5. The summed E-state index contributed by atoms with van der Waals surface area (Å²) in [7, 11) is 0. The summed E-state index contributed by atoms with van der Waals surface area (Å²) >= 11 is 6.03. The van der Waals surface area contributed by atoms with Crippen LogP contribution < -0.4 is 5.73 Å². The normalized spacial score (nSPS) is 11.5. The van der Waals surface area contributed by atoms with Gasteiger partial charge >= 0.3 is 0 Å². The van der Waals surface area contributed by atoms with Crippen molar-refractivity contribution in [1.82, 2.24) is 24.3 Å². The van der Waals surface area contributed by atoms with Gasteiger partial charge in [-0.25, -0.2) is 9.67 Å². The number of hydrogen-bond donors (Lipinski definition) is 2. The van der Waals surface area contributed by atoms with Gasteiger partial charge in [-0.15, -0.1) is 0 Å². The fourth-order valence-electron chi connectivity index (χ4n) is 4.24. The lowest BCUT2D eigenvalue weighted by Gasteiger charge is -2.08. The summed E-state index contributed by atoms with van der Waals surface area (Å²) in [5.41, 5.74) is 12.0. The van der Waals surface area contributed by atoms with Crippen LogP contribution in [-0.4, -0.2) is 30.2 Å². The molecule has 0 fully saturated rings. The molecule has 0 unspecified atom stereocenters. The number of H-pyrrole nitrogens is 1. The monoisotopic (exact) mass is 466 g/mol. The van der Waals surface area contributed by atoms with Gasteiger partial charge in [0.25, 0.3) is 5.91 Å². The Kier molecular flexibility index (Phi) is 4.53. The van der Waals surface area contributed by atoms with Gasteiger partial charge in [-0.1, -0.05) is 35.9 Å². The molecule has 6 aromatic rings. The summed E-state index contributed by atoms with van der Waals surface area (Å²) in [5.74, 6) is 0.852. The van der Waals surface area contributed by atoms with Crippen LogP contribution in [0.1, 0.15) is 16.2 Å². The maximum absolute atomic E-state index is 13.5. The number of aromatic nitrogens is 5. The number of hydrogen-bond acceptors (Lipinski definition) is 4. The molecule has 7 nitrogen and oxygen atoms in total. The van der Waals surface area contributed by atoms with Gasteiger partial charge in [0, 0.05) is 16.6 Å². The number of nitrogen functional groups attached to an aromatic ring is 1. The van der Waals surface area contributed by atoms with E-state index in [0.29, 0.717) is 10.6 Å². The van der Waals surface area contributed by atoms with Crippen LogP contribution in [-0.2, 0) is 0 Å².